The Labute approximate surface area is 137 Å². The van der Waals surface area contributed by atoms with Crippen LogP contribution in [-0.2, 0) is 11.2 Å². The van der Waals surface area contributed by atoms with Gasteiger partial charge in [-0.15, -0.1) is 0 Å². The van der Waals surface area contributed by atoms with E-state index in [1.807, 2.05) is 32.2 Å². The number of benzene rings is 2. The predicted molar refractivity (Wildman–Crippen MR) is 90.5 cm³/mol. The lowest BCUT2D eigenvalue weighted by molar-refractivity contribution is -0.117. The van der Waals surface area contributed by atoms with Gasteiger partial charge in [0.1, 0.15) is 0 Å². The first-order valence-corrected chi connectivity index (χ1v) is 8.06. The van der Waals surface area contributed by atoms with Crippen LogP contribution < -0.4 is 4.90 Å². The van der Waals surface area contributed by atoms with Crippen LogP contribution in [0.15, 0.2) is 36.4 Å². The van der Waals surface area contributed by atoms with Gasteiger partial charge in [0, 0.05) is 17.8 Å². The number of carbonyl (C=O) groups is 1. The lowest BCUT2D eigenvalue weighted by Crippen LogP contribution is -2.20. The second kappa shape index (κ2) is 5.47. The molecular formula is C17H15BrClNO. The van der Waals surface area contributed by atoms with Gasteiger partial charge in [-0.25, -0.2) is 0 Å². The lowest BCUT2D eigenvalue weighted by Gasteiger charge is -2.15. The molecule has 1 unspecified atom stereocenters. The van der Waals surface area contributed by atoms with Gasteiger partial charge in [0.15, 0.2) is 0 Å². The molecule has 1 aliphatic rings. The van der Waals surface area contributed by atoms with E-state index in [1.165, 1.54) is 0 Å². The molecule has 0 bridgehead atoms. The van der Waals surface area contributed by atoms with Gasteiger partial charge in [0.05, 0.1) is 11.2 Å². The molecule has 0 spiro atoms. The van der Waals surface area contributed by atoms with Crippen LogP contribution in [0, 0.1) is 6.92 Å². The number of halogens is 2. The molecule has 21 heavy (non-hydrogen) atoms. The summed E-state index contributed by atoms with van der Waals surface area (Å²) in [5.74, 6) is 0.149. The molecule has 1 aliphatic heterocycles. The van der Waals surface area contributed by atoms with Crippen LogP contribution in [0.2, 0.25) is 5.02 Å². The van der Waals surface area contributed by atoms with E-state index in [0.29, 0.717) is 6.42 Å². The number of rotatable bonds is 2. The van der Waals surface area contributed by atoms with Gasteiger partial charge in [-0.1, -0.05) is 51.8 Å². The van der Waals surface area contributed by atoms with Crippen molar-refractivity contribution < 1.29 is 4.79 Å². The van der Waals surface area contributed by atoms with Crippen molar-refractivity contribution in [2.24, 2.45) is 0 Å². The van der Waals surface area contributed by atoms with Crippen LogP contribution in [0.5, 0.6) is 0 Å². The molecule has 0 aromatic heterocycles. The number of alkyl halides is 1. The average molecular weight is 365 g/mol. The zero-order chi connectivity index (χ0) is 15.1. The maximum Gasteiger partial charge on any atom is 0.231 e. The molecule has 0 saturated carbocycles. The molecule has 3 rings (SSSR count). The summed E-state index contributed by atoms with van der Waals surface area (Å²) in [6.07, 6.45) is 0.485. The highest BCUT2D eigenvalue weighted by molar-refractivity contribution is 9.09. The minimum Gasteiger partial charge on any atom is -0.315 e. The smallest absolute Gasteiger partial charge is 0.231 e. The molecule has 2 aromatic rings. The number of hydrogen-bond donors (Lipinski definition) is 0. The van der Waals surface area contributed by atoms with Crippen LogP contribution >= 0.6 is 27.5 Å². The minimum atomic E-state index is 0.0970. The minimum absolute atomic E-state index is 0.0970. The monoisotopic (exact) mass is 363 g/mol. The molecule has 2 aromatic carbocycles. The highest BCUT2D eigenvalue weighted by Crippen LogP contribution is 2.36. The van der Waals surface area contributed by atoms with Crippen LogP contribution in [-0.4, -0.2) is 13.0 Å². The molecule has 2 nitrogen and oxygen atoms in total. The van der Waals surface area contributed by atoms with E-state index in [4.69, 9.17) is 11.6 Å². The summed E-state index contributed by atoms with van der Waals surface area (Å²) >= 11 is 9.83. The van der Waals surface area contributed by atoms with Crippen molar-refractivity contribution in [3.8, 4) is 0 Å². The van der Waals surface area contributed by atoms with Crippen molar-refractivity contribution in [1.29, 1.82) is 0 Å². The molecule has 4 heteroatoms. The number of likely N-dealkylation sites (N-methyl/N-ethyl adjacent to an activating group) is 1. The summed E-state index contributed by atoms with van der Waals surface area (Å²) in [5.41, 5.74) is 5.48. The molecule has 0 fully saturated rings. The van der Waals surface area contributed by atoms with Crippen molar-refractivity contribution >= 4 is 39.1 Å². The predicted octanol–water partition coefficient (Wildman–Crippen LogP) is 4.65. The zero-order valence-corrected chi connectivity index (χ0v) is 14.2. The third-order valence-electron chi connectivity index (χ3n) is 3.95. The van der Waals surface area contributed by atoms with Crippen molar-refractivity contribution in [3.05, 3.63) is 63.7 Å². The Balaban J connectivity index is 1.96. The lowest BCUT2D eigenvalue weighted by atomic mass is 10.0. The van der Waals surface area contributed by atoms with E-state index in [1.54, 1.807) is 4.90 Å². The quantitative estimate of drug-likeness (QED) is 0.710. The Hall–Kier alpha value is -1.32. The third-order valence-corrected chi connectivity index (χ3v) is 5.43. The number of fused-ring (bicyclic) bond motifs is 1. The third kappa shape index (κ3) is 2.60. The van der Waals surface area contributed by atoms with E-state index < -0.39 is 0 Å². The van der Waals surface area contributed by atoms with Gasteiger partial charge in [0.2, 0.25) is 5.91 Å². The Bertz CT molecular complexity index is 729. The fraction of sp³-hybridized carbons (Fsp3) is 0.235. The van der Waals surface area contributed by atoms with Crippen LogP contribution in [0.3, 0.4) is 0 Å². The number of carbonyl (C=O) groups excluding carboxylic acids is 1. The molecule has 0 radical (unpaired) electrons. The number of amides is 1. The number of nitrogens with zero attached hydrogens (tertiary/aromatic N) is 1. The topological polar surface area (TPSA) is 20.3 Å². The molecule has 108 valence electrons. The first kappa shape index (κ1) is 14.6. The van der Waals surface area contributed by atoms with Crippen LogP contribution in [0.25, 0.3) is 0 Å². The molecular weight excluding hydrogens is 350 g/mol. The Morgan fingerprint density at radius 1 is 1.19 bits per heavy atom. The van der Waals surface area contributed by atoms with Gasteiger partial charge in [0.25, 0.3) is 0 Å². The summed E-state index contributed by atoms with van der Waals surface area (Å²) < 4.78 is 0. The van der Waals surface area contributed by atoms with Gasteiger partial charge in [-0.2, -0.15) is 0 Å². The normalized spacial score (nSPS) is 15.2. The van der Waals surface area contributed by atoms with Crippen molar-refractivity contribution in [3.63, 3.8) is 0 Å². The molecule has 1 atom stereocenters. The number of anilines is 1. The van der Waals surface area contributed by atoms with Crippen LogP contribution in [0.4, 0.5) is 5.69 Å². The highest BCUT2D eigenvalue weighted by atomic mass is 79.9. The van der Waals surface area contributed by atoms with E-state index in [2.05, 4.69) is 34.1 Å². The summed E-state index contributed by atoms with van der Waals surface area (Å²) in [6.45, 7) is 2.00. The molecule has 0 saturated heterocycles. The SMILES string of the molecule is Cc1cc(C(Br)c2ccc3c(c2)CC(=O)N3C)ccc1Cl. The van der Waals surface area contributed by atoms with E-state index in [9.17, 15) is 4.79 Å². The molecule has 1 heterocycles. The first-order chi connectivity index (χ1) is 9.97. The Kier molecular flexibility index (Phi) is 3.80. The highest BCUT2D eigenvalue weighted by Gasteiger charge is 2.25. The summed E-state index contributed by atoms with van der Waals surface area (Å²) in [7, 11) is 1.82. The Morgan fingerprint density at radius 3 is 2.57 bits per heavy atom. The second-order valence-electron chi connectivity index (χ2n) is 5.39. The fourth-order valence-corrected chi connectivity index (χ4v) is 3.35. The van der Waals surface area contributed by atoms with Crippen LogP contribution in [0.1, 0.15) is 27.1 Å². The summed E-state index contributed by atoms with van der Waals surface area (Å²) in [5, 5.41) is 0.777. The second-order valence-corrected chi connectivity index (χ2v) is 6.71. The van der Waals surface area contributed by atoms with Crippen molar-refractivity contribution in [1.82, 2.24) is 0 Å². The summed E-state index contributed by atoms with van der Waals surface area (Å²) in [4.78, 5) is 13.6. The van der Waals surface area contributed by atoms with Crippen molar-refractivity contribution in [2.45, 2.75) is 18.2 Å². The molecule has 0 aliphatic carbocycles. The summed E-state index contributed by atoms with van der Waals surface area (Å²) in [6, 6.07) is 12.2. The van der Waals surface area contributed by atoms with E-state index in [0.717, 1.165) is 33.0 Å². The molecule has 0 N–H and O–H groups in total. The first-order valence-electron chi connectivity index (χ1n) is 6.77. The van der Waals surface area contributed by atoms with Gasteiger partial charge in [-0.05, 0) is 41.3 Å². The fourth-order valence-electron chi connectivity index (χ4n) is 2.67. The molecule has 1 amide bonds. The van der Waals surface area contributed by atoms with E-state index in [-0.39, 0.29) is 10.7 Å². The average Bonchev–Trinajstić information content (AvgIpc) is 2.76. The van der Waals surface area contributed by atoms with E-state index >= 15 is 0 Å². The maximum atomic E-state index is 11.8. The Morgan fingerprint density at radius 2 is 1.86 bits per heavy atom. The van der Waals surface area contributed by atoms with Gasteiger partial charge < -0.3 is 4.90 Å². The van der Waals surface area contributed by atoms with Gasteiger partial charge in [-0.3, -0.25) is 4.79 Å². The zero-order valence-electron chi connectivity index (χ0n) is 11.9. The number of hydrogen-bond acceptors (Lipinski definition) is 1. The maximum absolute atomic E-state index is 11.8. The largest absolute Gasteiger partial charge is 0.315 e. The van der Waals surface area contributed by atoms with Gasteiger partial charge >= 0.3 is 0 Å². The number of aryl methyl sites for hydroxylation is 1. The standard InChI is InChI=1S/C17H15BrClNO/c1-10-7-11(3-5-14(10)19)17(18)12-4-6-15-13(8-12)9-16(21)20(15)2/h3-8,17H,9H2,1-2H3. The van der Waals surface area contributed by atoms with Crippen molar-refractivity contribution in [2.75, 3.05) is 11.9 Å².